The van der Waals surface area contributed by atoms with Crippen LogP contribution in [0.15, 0.2) is 4.47 Å². The number of halogens is 2. The fourth-order valence-corrected chi connectivity index (χ4v) is 3.60. The third kappa shape index (κ3) is 2.55. The van der Waals surface area contributed by atoms with E-state index in [1.807, 2.05) is 6.92 Å². The molecule has 0 saturated heterocycles. The van der Waals surface area contributed by atoms with Crippen molar-refractivity contribution < 1.29 is 4.74 Å². The van der Waals surface area contributed by atoms with Crippen molar-refractivity contribution in [2.24, 2.45) is 0 Å². The summed E-state index contributed by atoms with van der Waals surface area (Å²) in [5, 5.41) is 0.526. The minimum Gasteiger partial charge on any atom is -0.367 e. The van der Waals surface area contributed by atoms with Gasteiger partial charge >= 0.3 is 0 Å². The van der Waals surface area contributed by atoms with Gasteiger partial charge < -0.3 is 4.74 Å². The fraction of sp³-hybridized carbons (Fsp3) is 0.714. The van der Waals surface area contributed by atoms with E-state index in [1.54, 1.807) is 0 Å². The molecule has 1 heterocycles. The Bertz CT molecular complexity index is 485. The van der Waals surface area contributed by atoms with Gasteiger partial charge in [-0.25, -0.2) is 9.97 Å². The monoisotopic (exact) mass is 344 g/mol. The maximum Gasteiger partial charge on any atom is 0.162 e. The summed E-state index contributed by atoms with van der Waals surface area (Å²) in [7, 11) is 0. The fourth-order valence-electron chi connectivity index (χ4n) is 2.92. The van der Waals surface area contributed by atoms with Crippen LogP contribution in [0, 0.1) is 0 Å². The third-order valence-corrected chi connectivity index (χ3v) is 5.32. The van der Waals surface area contributed by atoms with Crippen LogP contribution in [0.5, 0.6) is 0 Å². The van der Waals surface area contributed by atoms with Crippen molar-refractivity contribution in [2.45, 2.75) is 57.0 Å². The molecule has 0 spiro atoms. The largest absolute Gasteiger partial charge is 0.367 e. The summed E-state index contributed by atoms with van der Waals surface area (Å²) in [6, 6.07) is 0. The molecule has 0 unspecified atom stereocenters. The Morgan fingerprint density at radius 1 is 1.32 bits per heavy atom. The average Bonchev–Trinajstić information content (AvgIpc) is 3.13. The summed E-state index contributed by atoms with van der Waals surface area (Å²) in [4.78, 5) is 9.30. The normalized spacial score (nSPS) is 21.8. The Morgan fingerprint density at radius 2 is 2.00 bits per heavy atom. The standard InChI is InChI=1S/C14H18BrClN2O/c1-2-19-14(7-3-4-8-14)13-17-11(9-5-6-9)10(15)12(16)18-13/h9H,2-8H2,1H3. The van der Waals surface area contributed by atoms with E-state index >= 15 is 0 Å². The molecule has 2 aliphatic carbocycles. The highest BCUT2D eigenvalue weighted by atomic mass is 79.9. The van der Waals surface area contributed by atoms with Gasteiger partial charge in [-0.15, -0.1) is 0 Å². The van der Waals surface area contributed by atoms with Gasteiger partial charge in [0.15, 0.2) is 5.82 Å². The van der Waals surface area contributed by atoms with Crippen molar-refractivity contribution in [2.75, 3.05) is 6.61 Å². The highest BCUT2D eigenvalue weighted by molar-refractivity contribution is 9.10. The molecule has 19 heavy (non-hydrogen) atoms. The molecule has 1 aromatic heterocycles. The zero-order valence-electron chi connectivity index (χ0n) is 11.1. The summed E-state index contributed by atoms with van der Waals surface area (Å²) in [6.45, 7) is 2.72. The van der Waals surface area contributed by atoms with Crippen LogP contribution in [-0.4, -0.2) is 16.6 Å². The van der Waals surface area contributed by atoms with Crippen molar-refractivity contribution >= 4 is 27.5 Å². The number of hydrogen-bond acceptors (Lipinski definition) is 3. The Balaban J connectivity index is 2.03. The van der Waals surface area contributed by atoms with Gasteiger partial charge in [0.2, 0.25) is 0 Å². The number of nitrogens with zero attached hydrogens (tertiary/aromatic N) is 2. The van der Waals surface area contributed by atoms with Crippen molar-refractivity contribution in [3.8, 4) is 0 Å². The van der Waals surface area contributed by atoms with Crippen LogP contribution < -0.4 is 0 Å². The summed E-state index contributed by atoms with van der Waals surface area (Å²) in [5.41, 5.74) is 0.768. The zero-order chi connectivity index (χ0) is 13.5. The molecule has 0 amide bonds. The second-order valence-electron chi connectivity index (χ2n) is 5.45. The molecular weight excluding hydrogens is 328 g/mol. The molecule has 0 N–H and O–H groups in total. The lowest BCUT2D eigenvalue weighted by atomic mass is 10.0. The predicted molar refractivity (Wildman–Crippen MR) is 78.5 cm³/mol. The second kappa shape index (κ2) is 5.30. The van der Waals surface area contributed by atoms with Gasteiger partial charge in [0, 0.05) is 12.5 Å². The van der Waals surface area contributed by atoms with Crippen molar-refractivity contribution in [3.05, 3.63) is 21.1 Å². The smallest absolute Gasteiger partial charge is 0.162 e. The van der Waals surface area contributed by atoms with E-state index in [1.165, 1.54) is 25.7 Å². The first kappa shape index (κ1) is 13.8. The van der Waals surface area contributed by atoms with E-state index in [-0.39, 0.29) is 5.60 Å². The maximum atomic E-state index is 6.28. The Kier molecular flexibility index (Phi) is 3.84. The molecule has 2 aliphatic rings. The van der Waals surface area contributed by atoms with Gasteiger partial charge in [-0.1, -0.05) is 11.6 Å². The van der Waals surface area contributed by atoms with Crippen LogP contribution in [-0.2, 0) is 10.3 Å². The molecule has 104 valence electrons. The van der Waals surface area contributed by atoms with E-state index in [4.69, 9.17) is 21.3 Å². The maximum absolute atomic E-state index is 6.28. The van der Waals surface area contributed by atoms with Crippen molar-refractivity contribution in [3.63, 3.8) is 0 Å². The van der Waals surface area contributed by atoms with E-state index in [2.05, 4.69) is 20.9 Å². The van der Waals surface area contributed by atoms with Crippen LogP contribution in [0.3, 0.4) is 0 Å². The van der Waals surface area contributed by atoms with Crippen molar-refractivity contribution in [1.29, 1.82) is 0 Å². The van der Waals surface area contributed by atoms with Crippen LogP contribution in [0.1, 0.15) is 62.9 Å². The van der Waals surface area contributed by atoms with E-state index in [0.29, 0.717) is 17.7 Å². The summed E-state index contributed by atoms with van der Waals surface area (Å²) < 4.78 is 6.89. The first-order chi connectivity index (χ1) is 9.16. The highest BCUT2D eigenvalue weighted by Crippen LogP contribution is 2.46. The minimum absolute atomic E-state index is 0.303. The molecule has 5 heteroatoms. The van der Waals surface area contributed by atoms with Crippen LogP contribution in [0.25, 0.3) is 0 Å². The molecule has 2 fully saturated rings. The Morgan fingerprint density at radius 3 is 2.58 bits per heavy atom. The molecule has 3 rings (SSSR count). The van der Waals surface area contributed by atoms with Gasteiger partial charge in [-0.3, -0.25) is 0 Å². The zero-order valence-corrected chi connectivity index (χ0v) is 13.4. The molecule has 2 saturated carbocycles. The number of ether oxygens (including phenoxy) is 1. The Labute approximate surface area is 127 Å². The molecule has 0 aromatic carbocycles. The topological polar surface area (TPSA) is 35.0 Å². The molecular formula is C14H18BrClN2O. The van der Waals surface area contributed by atoms with Gasteiger partial charge in [0.05, 0.1) is 10.2 Å². The van der Waals surface area contributed by atoms with Crippen molar-refractivity contribution in [1.82, 2.24) is 9.97 Å². The quantitative estimate of drug-likeness (QED) is 0.749. The lowest BCUT2D eigenvalue weighted by Gasteiger charge is -2.28. The minimum atomic E-state index is -0.303. The van der Waals surface area contributed by atoms with Crippen LogP contribution >= 0.6 is 27.5 Å². The number of rotatable bonds is 4. The molecule has 1 aromatic rings. The number of aromatic nitrogens is 2. The lowest BCUT2D eigenvalue weighted by Crippen LogP contribution is -2.29. The first-order valence-corrected chi connectivity index (χ1v) is 8.21. The van der Waals surface area contributed by atoms with Gasteiger partial charge in [-0.2, -0.15) is 0 Å². The van der Waals surface area contributed by atoms with Crippen LogP contribution in [0.2, 0.25) is 5.15 Å². The molecule has 0 aliphatic heterocycles. The van der Waals surface area contributed by atoms with E-state index in [0.717, 1.165) is 28.8 Å². The predicted octanol–water partition coefficient (Wildman–Crippen LogP) is 4.58. The van der Waals surface area contributed by atoms with E-state index < -0.39 is 0 Å². The van der Waals surface area contributed by atoms with E-state index in [9.17, 15) is 0 Å². The van der Waals surface area contributed by atoms with Gasteiger partial charge in [-0.05, 0) is 61.4 Å². The summed E-state index contributed by atoms with van der Waals surface area (Å²) in [6.07, 6.45) is 6.76. The SMILES string of the molecule is CCOC1(c2nc(Cl)c(Br)c(C3CC3)n2)CCCC1. The second-order valence-corrected chi connectivity index (χ2v) is 6.60. The number of hydrogen-bond donors (Lipinski definition) is 0. The molecule has 0 bridgehead atoms. The Hall–Kier alpha value is -0.190. The summed E-state index contributed by atoms with van der Waals surface area (Å²) >= 11 is 9.80. The molecule has 0 radical (unpaired) electrons. The highest BCUT2D eigenvalue weighted by Gasteiger charge is 2.41. The first-order valence-electron chi connectivity index (χ1n) is 7.03. The summed E-state index contributed by atoms with van der Waals surface area (Å²) in [5.74, 6) is 1.34. The third-order valence-electron chi connectivity index (χ3n) is 4.04. The van der Waals surface area contributed by atoms with Gasteiger partial charge in [0.1, 0.15) is 10.8 Å². The van der Waals surface area contributed by atoms with Gasteiger partial charge in [0.25, 0.3) is 0 Å². The van der Waals surface area contributed by atoms with Crippen LogP contribution in [0.4, 0.5) is 0 Å². The average molecular weight is 346 g/mol. The molecule has 0 atom stereocenters. The molecule has 3 nitrogen and oxygen atoms in total. The lowest BCUT2D eigenvalue weighted by molar-refractivity contribution is -0.0458.